The maximum absolute atomic E-state index is 13.0. The molecule has 1 aromatic carbocycles. The van der Waals surface area contributed by atoms with Crippen molar-refractivity contribution in [3.63, 3.8) is 0 Å². The molecule has 0 bridgehead atoms. The Hall–Kier alpha value is -2.05. The fraction of sp³-hybridized carbons (Fsp3) is 0.500. The van der Waals surface area contributed by atoms with Gasteiger partial charge < -0.3 is 25.3 Å². The van der Waals surface area contributed by atoms with Crippen LogP contribution in [0.2, 0.25) is 5.02 Å². The number of benzene rings is 1. The highest BCUT2D eigenvalue weighted by atomic mass is 35.5. The molecule has 7 heteroatoms. The molecule has 1 aromatic rings. The summed E-state index contributed by atoms with van der Waals surface area (Å²) in [6.07, 6.45) is 3.43. The fourth-order valence-electron chi connectivity index (χ4n) is 2.96. The molecular weight excluding hydrogens is 364 g/mol. The number of allylic oxidation sites excluding steroid dienone is 1. The Kier molecular flexibility index (Phi) is 6.07. The van der Waals surface area contributed by atoms with Crippen LogP contribution in [0.15, 0.2) is 35.7 Å². The van der Waals surface area contributed by atoms with Gasteiger partial charge in [-0.25, -0.2) is 0 Å². The highest BCUT2D eigenvalue weighted by molar-refractivity contribution is 6.31. The first-order valence-corrected chi connectivity index (χ1v) is 9.66. The Morgan fingerprint density at radius 2 is 2.04 bits per heavy atom. The molecule has 6 nitrogen and oxygen atoms in total. The van der Waals surface area contributed by atoms with Gasteiger partial charge in [0.05, 0.1) is 6.61 Å². The average molecular weight is 391 g/mol. The van der Waals surface area contributed by atoms with Crippen LogP contribution in [0.1, 0.15) is 19.8 Å². The Morgan fingerprint density at radius 3 is 2.63 bits per heavy atom. The molecule has 2 N–H and O–H groups in total. The lowest BCUT2D eigenvalue weighted by atomic mass is 10.2. The van der Waals surface area contributed by atoms with Gasteiger partial charge in [0.2, 0.25) is 5.76 Å². The van der Waals surface area contributed by atoms with Gasteiger partial charge in [0.25, 0.3) is 5.91 Å². The monoisotopic (exact) mass is 390 g/mol. The molecule has 1 heterocycles. The van der Waals surface area contributed by atoms with Crippen molar-refractivity contribution < 1.29 is 9.53 Å². The number of hydrogen-bond donors (Lipinski definition) is 2. The number of rotatable bonds is 7. The number of nitrogens with zero attached hydrogens (tertiary/aromatic N) is 2. The Balaban J connectivity index is 1.83. The van der Waals surface area contributed by atoms with Crippen LogP contribution in [0, 0.1) is 10.8 Å². The number of carbonyl (C=O) groups excluding carboxylic acids is 1. The average Bonchev–Trinajstić information content (AvgIpc) is 3.37. The van der Waals surface area contributed by atoms with Gasteiger partial charge in [-0.15, -0.1) is 0 Å². The van der Waals surface area contributed by atoms with Gasteiger partial charge in [-0.05, 0) is 38.1 Å². The molecule has 2 fully saturated rings. The molecule has 0 unspecified atom stereocenters. The van der Waals surface area contributed by atoms with Crippen molar-refractivity contribution >= 4 is 29.4 Å². The molecule has 1 aliphatic carbocycles. The van der Waals surface area contributed by atoms with Crippen molar-refractivity contribution in [2.45, 2.75) is 19.8 Å². The van der Waals surface area contributed by atoms with E-state index in [1.807, 2.05) is 0 Å². The summed E-state index contributed by atoms with van der Waals surface area (Å²) in [5.74, 6) is -0.137. The molecule has 0 aromatic heterocycles. The summed E-state index contributed by atoms with van der Waals surface area (Å²) in [5.41, 5.74) is 1.28. The Labute approximate surface area is 165 Å². The third-order valence-electron chi connectivity index (χ3n) is 5.17. The first-order chi connectivity index (χ1) is 12.9. The third kappa shape index (κ3) is 5.23. The minimum atomic E-state index is -0.348. The summed E-state index contributed by atoms with van der Waals surface area (Å²) < 4.78 is 5.99. The number of nitrogens with one attached hydrogen (secondary N) is 2. The van der Waals surface area contributed by atoms with E-state index < -0.39 is 0 Å². The second kappa shape index (κ2) is 8.31. The first kappa shape index (κ1) is 19.7. The maximum atomic E-state index is 13.0. The fourth-order valence-corrected chi connectivity index (χ4v) is 3.15. The largest absolute Gasteiger partial charge is 0.486 e. The van der Waals surface area contributed by atoms with Gasteiger partial charge in [0.15, 0.2) is 0 Å². The smallest absolute Gasteiger partial charge is 0.293 e. The van der Waals surface area contributed by atoms with Gasteiger partial charge in [-0.1, -0.05) is 24.6 Å². The highest BCUT2D eigenvalue weighted by Gasteiger charge is 2.39. The van der Waals surface area contributed by atoms with E-state index in [2.05, 4.69) is 29.1 Å². The van der Waals surface area contributed by atoms with Crippen LogP contribution in [0.5, 0.6) is 0 Å². The molecule has 3 rings (SSSR count). The molecular formula is C20H27ClN4O2. The Bertz CT molecular complexity index is 737. The van der Waals surface area contributed by atoms with E-state index in [0.717, 1.165) is 39.0 Å². The summed E-state index contributed by atoms with van der Waals surface area (Å²) in [5, 5.41) is 11.3. The van der Waals surface area contributed by atoms with Crippen molar-refractivity contribution in [3.05, 3.63) is 40.7 Å². The lowest BCUT2D eigenvalue weighted by Crippen LogP contribution is -2.45. The normalized spacial score (nSPS) is 19.9. The SMILES string of the molecule is CN1CCN(/C(C=N)=C(\OCC2(C)CC2)C(=O)Nc2cccc(Cl)c2)CC1. The second-order valence-electron chi connectivity index (χ2n) is 7.71. The van der Waals surface area contributed by atoms with Crippen LogP contribution in [-0.4, -0.2) is 61.8 Å². The van der Waals surface area contributed by atoms with E-state index in [-0.39, 0.29) is 17.1 Å². The summed E-state index contributed by atoms with van der Waals surface area (Å²) >= 11 is 6.02. The molecule has 0 spiro atoms. The Morgan fingerprint density at radius 1 is 1.33 bits per heavy atom. The molecule has 27 heavy (non-hydrogen) atoms. The molecule has 1 saturated heterocycles. The van der Waals surface area contributed by atoms with Gasteiger partial charge in [0.1, 0.15) is 5.70 Å². The number of ether oxygens (including phenoxy) is 1. The minimum Gasteiger partial charge on any atom is -0.486 e. The van der Waals surface area contributed by atoms with Crippen molar-refractivity contribution in [3.8, 4) is 0 Å². The number of likely N-dealkylation sites (N-methyl/N-ethyl adjacent to an activating group) is 1. The zero-order valence-electron chi connectivity index (χ0n) is 15.9. The van der Waals surface area contributed by atoms with Gasteiger partial charge in [0, 0.05) is 48.5 Å². The number of hydrogen-bond acceptors (Lipinski definition) is 5. The number of anilines is 1. The molecule has 1 aliphatic heterocycles. The number of halogens is 1. The van der Waals surface area contributed by atoms with E-state index in [0.29, 0.717) is 23.0 Å². The molecule has 2 aliphatic rings. The van der Waals surface area contributed by atoms with E-state index in [9.17, 15) is 4.79 Å². The summed E-state index contributed by atoms with van der Waals surface area (Å²) in [6.45, 7) is 5.93. The molecule has 1 amide bonds. The molecule has 1 saturated carbocycles. The third-order valence-corrected chi connectivity index (χ3v) is 5.41. The van der Waals surface area contributed by atoms with Crippen LogP contribution in [0.25, 0.3) is 0 Å². The topological polar surface area (TPSA) is 68.7 Å². The minimum absolute atomic E-state index is 0.136. The van der Waals surface area contributed by atoms with Crippen LogP contribution < -0.4 is 5.32 Å². The number of carbonyl (C=O) groups is 1. The van der Waals surface area contributed by atoms with Crippen molar-refractivity contribution in [1.29, 1.82) is 5.41 Å². The van der Waals surface area contributed by atoms with Crippen LogP contribution in [0.4, 0.5) is 5.69 Å². The lowest BCUT2D eigenvalue weighted by molar-refractivity contribution is -0.116. The van der Waals surface area contributed by atoms with Crippen molar-refractivity contribution in [2.75, 3.05) is 45.2 Å². The lowest BCUT2D eigenvalue weighted by Gasteiger charge is -2.35. The standard InChI is InChI=1S/C20H27ClN4O2/c1-20(6-7-20)14-27-18(17(13-22)25-10-8-24(2)9-11-25)19(26)23-16-5-3-4-15(21)12-16/h3-5,12-13,22H,6-11,14H2,1-2H3,(H,23,26)/b18-17-,22-13?. The molecule has 146 valence electrons. The van der Waals surface area contributed by atoms with Crippen molar-refractivity contribution in [2.24, 2.45) is 5.41 Å². The zero-order chi connectivity index (χ0) is 19.4. The summed E-state index contributed by atoms with van der Waals surface area (Å²) in [4.78, 5) is 17.3. The molecule has 0 atom stereocenters. The van der Waals surface area contributed by atoms with Gasteiger partial charge >= 0.3 is 0 Å². The van der Waals surface area contributed by atoms with Crippen LogP contribution in [0.3, 0.4) is 0 Å². The van der Waals surface area contributed by atoms with Crippen LogP contribution >= 0.6 is 11.6 Å². The van der Waals surface area contributed by atoms with Gasteiger partial charge in [-0.3, -0.25) is 4.79 Å². The van der Waals surface area contributed by atoms with Crippen LogP contribution in [-0.2, 0) is 9.53 Å². The first-order valence-electron chi connectivity index (χ1n) is 9.28. The van der Waals surface area contributed by atoms with E-state index >= 15 is 0 Å². The summed E-state index contributed by atoms with van der Waals surface area (Å²) in [7, 11) is 2.07. The van der Waals surface area contributed by atoms with E-state index in [1.165, 1.54) is 6.21 Å². The quantitative estimate of drug-likeness (QED) is 0.426. The predicted octanol–water partition coefficient (Wildman–Crippen LogP) is 3.20. The second-order valence-corrected chi connectivity index (χ2v) is 8.15. The predicted molar refractivity (Wildman–Crippen MR) is 108 cm³/mol. The highest BCUT2D eigenvalue weighted by Crippen LogP contribution is 2.45. The number of piperazine rings is 1. The van der Waals surface area contributed by atoms with Gasteiger partial charge in [-0.2, -0.15) is 0 Å². The summed E-state index contributed by atoms with van der Waals surface area (Å²) in [6, 6.07) is 7.01. The maximum Gasteiger partial charge on any atom is 0.293 e. The van der Waals surface area contributed by atoms with E-state index in [4.69, 9.17) is 21.7 Å². The molecule has 0 radical (unpaired) electrons. The van der Waals surface area contributed by atoms with E-state index in [1.54, 1.807) is 24.3 Å². The number of amides is 1. The van der Waals surface area contributed by atoms with Crippen molar-refractivity contribution in [1.82, 2.24) is 9.80 Å². The zero-order valence-corrected chi connectivity index (χ0v) is 16.7.